The van der Waals surface area contributed by atoms with Gasteiger partial charge in [-0.1, -0.05) is 33.3 Å². The summed E-state index contributed by atoms with van der Waals surface area (Å²) in [6.45, 7) is 14.8. The minimum Gasteiger partial charge on any atom is -0.390 e. The summed E-state index contributed by atoms with van der Waals surface area (Å²) in [4.78, 5) is 0. The Morgan fingerprint density at radius 3 is 2.41 bits per heavy atom. The molecule has 2 fully saturated rings. The van der Waals surface area contributed by atoms with Crippen molar-refractivity contribution in [2.45, 2.75) is 90.8 Å². The molecule has 2 saturated carbocycles. The van der Waals surface area contributed by atoms with E-state index in [-0.39, 0.29) is 11.3 Å². The van der Waals surface area contributed by atoms with Gasteiger partial charge in [-0.2, -0.15) is 0 Å². The van der Waals surface area contributed by atoms with E-state index in [1.165, 1.54) is 19.3 Å². The highest BCUT2D eigenvalue weighted by Crippen LogP contribution is 2.63. The molecular weight excluding hydrogens is 272 g/mol. The highest BCUT2D eigenvalue weighted by molar-refractivity contribution is 5.08. The second kappa shape index (κ2) is 5.63. The second-order valence-corrected chi connectivity index (χ2v) is 9.45. The van der Waals surface area contributed by atoms with Crippen LogP contribution >= 0.6 is 0 Å². The van der Waals surface area contributed by atoms with Gasteiger partial charge in [0, 0.05) is 0 Å². The average Bonchev–Trinajstić information content (AvgIpc) is 2.35. The molecule has 0 aromatic carbocycles. The highest BCUT2D eigenvalue weighted by Gasteiger charge is 2.57. The summed E-state index contributed by atoms with van der Waals surface area (Å²) in [6.07, 6.45) is 8.96. The molecule has 2 aliphatic carbocycles. The fourth-order valence-corrected chi connectivity index (χ4v) is 5.80. The van der Waals surface area contributed by atoms with E-state index in [4.69, 9.17) is 0 Å². The summed E-state index contributed by atoms with van der Waals surface area (Å²) in [5, 5.41) is 21.4. The SMILES string of the molecule is C=C[C@](C)(O)CC[C@@H]1C2(C)CCCC(C)(C)C2CC[C@@]1(C)O. The fraction of sp³-hybridized carbons (Fsp3) is 0.900. The molecule has 2 unspecified atom stereocenters. The molecule has 0 aromatic heterocycles. The third kappa shape index (κ3) is 3.14. The van der Waals surface area contributed by atoms with Gasteiger partial charge in [-0.3, -0.25) is 0 Å². The molecule has 2 rings (SSSR count). The van der Waals surface area contributed by atoms with Gasteiger partial charge in [-0.25, -0.2) is 0 Å². The van der Waals surface area contributed by atoms with Crippen molar-refractivity contribution in [2.75, 3.05) is 0 Å². The van der Waals surface area contributed by atoms with Crippen LogP contribution in [0.2, 0.25) is 0 Å². The molecule has 0 aromatic rings. The summed E-state index contributed by atoms with van der Waals surface area (Å²) >= 11 is 0. The second-order valence-electron chi connectivity index (χ2n) is 9.45. The van der Waals surface area contributed by atoms with E-state index in [0.29, 0.717) is 17.8 Å². The van der Waals surface area contributed by atoms with Crippen LogP contribution in [0, 0.1) is 22.7 Å². The summed E-state index contributed by atoms with van der Waals surface area (Å²) in [7, 11) is 0. The van der Waals surface area contributed by atoms with E-state index < -0.39 is 11.2 Å². The Kier molecular flexibility index (Phi) is 4.61. The molecule has 2 nitrogen and oxygen atoms in total. The standard InChI is InChI=1S/C20H36O2/c1-7-18(4,21)13-9-16-19(5)12-8-11-17(2,3)15(19)10-14-20(16,6)22/h7,15-16,21-22H,1,8-14H2,2-6H3/t15?,16-,18+,19?,20-/m1/s1. The first-order chi connectivity index (χ1) is 9.95. The Hall–Kier alpha value is -0.340. The number of fused-ring (bicyclic) bond motifs is 1. The van der Waals surface area contributed by atoms with Gasteiger partial charge in [-0.05, 0) is 75.0 Å². The van der Waals surface area contributed by atoms with Crippen LogP contribution in [0.25, 0.3) is 0 Å². The molecule has 0 amide bonds. The Morgan fingerprint density at radius 2 is 1.82 bits per heavy atom. The van der Waals surface area contributed by atoms with Gasteiger partial charge in [0.05, 0.1) is 11.2 Å². The molecule has 22 heavy (non-hydrogen) atoms. The van der Waals surface area contributed by atoms with Crippen LogP contribution in [0.15, 0.2) is 12.7 Å². The van der Waals surface area contributed by atoms with Gasteiger partial charge in [0.25, 0.3) is 0 Å². The lowest BCUT2D eigenvalue weighted by Crippen LogP contribution is -2.57. The quantitative estimate of drug-likeness (QED) is 0.739. The van der Waals surface area contributed by atoms with E-state index >= 15 is 0 Å². The van der Waals surface area contributed by atoms with Gasteiger partial charge in [0.1, 0.15) is 0 Å². The van der Waals surface area contributed by atoms with Crippen molar-refractivity contribution in [1.82, 2.24) is 0 Å². The lowest BCUT2D eigenvalue weighted by atomic mass is 9.45. The first-order valence-electron chi connectivity index (χ1n) is 9.03. The van der Waals surface area contributed by atoms with Gasteiger partial charge < -0.3 is 10.2 Å². The summed E-state index contributed by atoms with van der Waals surface area (Å²) in [5.74, 6) is 0.928. The molecule has 0 bridgehead atoms. The van der Waals surface area contributed by atoms with Crippen LogP contribution in [0.4, 0.5) is 0 Å². The normalized spacial score (nSPS) is 44.0. The van der Waals surface area contributed by atoms with Crippen LogP contribution in [0.1, 0.15) is 79.6 Å². The predicted molar refractivity (Wildman–Crippen MR) is 92.6 cm³/mol. The first-order valence-corrected chi connectivity index (χ1v) is 9.03. The van der Waals surface area contributed by atoms with E-state index in [0.717, 1.165) is 19.3 Å². The Labute approximate surface area is 137 Å². The van der Waals surface area contributed by atoms with Crippen molar-refractivity contribution in [3.8, 4) is 0 Å². The van der Waals surface area contributed by atoms with Crippen LogP contribution < -0.4 is 0 Å². The first kappa shape index (κ1) is 18.0. The fourth-order valence-electron chi connectivity index (χ4n) is 5.80. The number of hydrogen-bond donors (Lipinski definition) is 2. The number of hydrogen-bond acceptors (Lipinski definition) is 2. The number of aliphatic hydroxyl groups is 2. The third-order valence-corrected chi connectivity index (χ3v) is 7.14. The summed E-state index contributed by atoms with van der Waals surface area (Å²) in [6, 6.07) is 0. The highest BCUT2D eigenvalue weighted by atomic mass is 16.3. The lowest BCUT2D eigenvalue weighted by molar-refractivity contribution is -0.171. The van der Waals surface area contributed by atoms with E-state index in [9.17, 15) is 10.2 Å². The Morgan fingerprint density at radius 1 is 1.18 bits per heavy atom. The maximum Gasteiger partial charge on any atom is 0.0797 e. The van der Waals surface area contributed by atoms with Gasteiger partial charge >= 0.3 is 0 Å². The van der Waals surface area contributed by atoms with Gasteiger partial charge in [0.15, 0.2) is 0 Å². The summed E-state index contributed by atoms with van der Waals surface area (Å²) in [5.41, 5.74) is -0.900. The molecular formula is C20H36O2. The molecule has 0 heterocycles. The van der Waals surface area contributed by atoms with Crippen LogP contribution in [0.3, 0.4) is 0 Å². The minimum atomic E-state index is -0.830. The van der Waals surface area contributed by atoms with E-state index in [2.05, 4.69) is 27.4 Å². The van der Waals surface area contributed by atoms with Crippen LogP contribution in [-0.4, -0.2) is 21.4 Å². The minimum absolute atomic E-state index is 0.181. The molecule has 0 spiro atoms. The zero-order chi connectivity index (χ0) is 16.8. The van der Waals surface area contributed by atoms with Crippen molar-refractivity contribution in [1.29, 1.82) is 0 Å². The molecule has 5 atom stereocenters. The molecule has 0 radical (unpaired) electrons. The molecule has 0 saturated heterocycles. The topological polar surface area (TPSA) is 40.5 Å². The summed E-state index contributed by atoms with van der Waals surface area (Å²) < 4.78 is 0. The smallest absolute Gasteiger partial charge is 0.0797 e. The van der Waals surface area contributed by atoms with Crippen molar-refractivity contribution in [3.05, 3.63) is 12.7 Å². The molecule has 0 aliphatic heterocycles. The molecule has 2 N–H and O–H groups in total. The van der Waals surface area contributed by atoms with Crippen molar-refractivity contribution < 1.29 is 10.2 Å². The van der Waals surface area contributed by atoms with Crippen molar-refractivity contribution >= 4 is 0 Å². The Balaban J connectivity index is 2.28. The van der Waals surface area contributed by atoms with Gasteiger partial charge in [-0.15, -0.1) is 6.58 Å². The lowest BCUT2D eigenvalue weighted by Gasteiger charge is -2.61. The zero-order valence-electron chi connectivity index (χ0n) is 15.3. The average molecular weight is 309 g/mol. The van der Waals surface area contributed by atoms with Crippen LogP contribution in [0.5, 0.6) is 0 Å². The maximum absolute atomic E-state index is 11.1. The van der Waals surface area contributed by atoms with E-state index in [1.807, 2.05) is 13.8 Å². The van der Waals surface area contributed by atoms with Gasteiger partial charge in [0.2, 0.25) is 0 Å². The molecule has 2 heteroatoms. The largest absolute Gasteiger partial charge is 0.390 e. The third-order valence-electron chi connectivity index (χ3n) is 7.14. The maximum atomic E-state index is 11.1. The van der Waals surface area contributed by atoms with Crippen molar-refractivity contribution in [3.63, 3.8) is 0 Å². The van der Waals surface area contributed by atoms with Crippen LogP contribution in [-0.2, 0) is 0 Å². The van der Waals surface area contributed by atoms with E-state index in [1.54, 1.807) is 6.08 Å². The Bertz CT molecular complexity index is 421. The number of rotatable bonds is 4. The molecule has 2 aliphatic rings. The zero-order valence-corrected chi connectivity index (χ0v) is 15.3. The molecule has 128 valence electrons. The monoisotopic (exact) mass is 308 g/mol. The van der Waals surface area contributed by atoms with Crippen molar-refractivity contribution in [2.24, 2.45) is 22.7 Å². The predicted octanol–water partition coefficient (Wildman–Crippen LogP) is 4.70.